The van der Waals surface area contributed by atoms with Crippen molar-refractivity contribution in [2.75, 3.05) is 0 Å². The largest absolute Gasteiger partial charge is 0.313 e. The quantitative estimate of drug-likeness (QED) is 0.796. The van der Waals surface area contributed by atoms with Gasteiger partial charge in [-0.15, -0.1) is 10.2 Å². The first-order valence-electron chi connectivity index (χ1n) is 4.64. The number of hydrogen-bond donors (Lipinski definition) is 1. The van der Waals surface area contributed by atoms with E-state index in [9.17, 15) is 0 Å². The van der Waals surface area contributed by atoms with Crippen LogP contribution in [0.3, 0.4) is 0 Å². The van der Waals surface area contributed by atoms with E-state index < -0.39 is 0 Å². The minimum absolute atomic E-state index is 0.580. The summed E-state index contributed by atoms with van der Waals surface area (Å²) >= 11 is 0. The van der Waals surface area contributed by atoms with E-state index in [0.29, 0.717) is 5.92 Å². The molecular formula is C9H13N5. The lowest BCUT2D eigenvalue weighted by atomic mass is 10.2. The maximum absolute atomic E-state index is 4.06. The van der Waals surface area contributed by atoms with Gasteiger partial charge in [0, 0.05) is 12.7 Å². The molecule has 0 aliphatic carbocycles. The number of hydrogen-bond acceptors (Lipinski definition) is 3. The Labute approximate surface area is 82.2 Å². The Bertz CT molecular complexity index is 387. The highest BCUT2D eigenvalue weighted by atomic mass is 15.3. The van der Waals surface area contributed by atoms with E-state index in [2.05, 4.69) is 34.2 Å². The molecule has 0 spiro atoms. The van der Waals surface area contributed by atoms with Crippen LogP contribution in [0.4, 0.5) is 0 Å². The summed E-state index contributed by atoms with van der Waals surface area (Å²) in [4.78, 5) is 0. The Morgan fingerprint density at radius 1 is 1.50 bits per heavy atom. The normalized spacial score (nSPS) is 11.1. The van der Waals surface area contributed by atoms with Gasteiger partial charge in [0.25, 0.3) is 0 Å². The molecule has 0 saturated heterocycles. The zero-order valence-electron chi connectivity index (χ0n) is 8.31. The van der Waals surface area contributed by atoms with Crippen LogP contribution in [0.2, 0.25) is 0 Å². The minimum atomic E-state index is 0.580. The Balaban J connectivity index is 2.30. The molecule has 74 valence electrons. The average Bonchev–Trinajstić information content (AvgIpc) is 2.70. The van der Waals surface area contributed by atoms with Crippen molar-refractivity contribution in [3.05, 3.63) is 18.7 Å². The molecule has 0 saturated carbocycles. The summed E-state index contributed by atoms with van der Waals surface area (Å²) in [5.41, 5.74) is 0.975. The Morgan fingerprint density at radius 2 is 2.36 bits per heavy atom. The second kappa shape index (κ2) is 3.61. The standard InChI is InChI=1S/C9H13N5/c1-7(2)5-14-6-12-13-9(14)8-3-10-11-4-8/h3-4,6-7H,5H2,1-2H3,(H,10,11). The Kier molecular flexibility index (Phi) is 2.30. The van der Waals surface area contributed by atoms with Crippen molar-refractivity contribution in [3.63, 3.8) is 0 Å². The highest BCUT2D eigenvalue weighted by molar-refractivity contribution is 5.51. The lowest BCUT2D eigenvalue weighted by Gasteiger charge is -2.07. The van der Waals surface area contributed by atoms with Crippen LogP contribution in [-0.2, 0) is 6.54 Å². The molecule has 1 N–H and O–H groups in total. The van der Waals surface area contributed by atoms with Gasteiger partial charge >= 0.3 is 0 Å². The zero-order chi connectivity index (χ0) is 9.97. The number of nitrogens with one attached hydrogen (secondary N) is 1. The summed E-state index contributed by atoms with van der Waals surface area (Å²) in [6.45, 7) is 5.26. The van der Waals surface area contributed by atoms with Gasteiger partial charge in [-0.05, 0) is 5.92 Å². The summed E-state index contributed by atoms with van der Waals surface area (Å²) in [6, 6.07) is 0. The summed E-state index contributed by atoms with van der Waals surface area (Å²) < 4.78 is 2.04. The molecule has 5 nitrogen and oxygen atoms in total. The molecule has 2 aromatic heterocycles. The van der Waals surface area contributed by atoms with Crippen molar-refractivity contribution < 1.29 is 0 Å². The van der Waals surface area contributed by atoms with Crippen molar-refractivity contribution in [2.45, 2.75) is 20.4 Å². The Hall–Kier alpha value is -1.65. The third-order valence-electron chi connectivity index (χ3n) is 1.93. The lowest BCUT2D eigenvalue weighted by molar-refractivity contribution is 0.525. The van der Waals surface area contributed by atoms with Crippen molar-refractivity contribution in [1.29, 1.82) is 0 Å². The Morgan fingerprint density at radius 3 is 3.00 bits per heavy atom. The van der Waals surface area contributed by atoms with Gasteiger partial charge in [0.1, 0.15) is 6.33 Å². The summed E-state index contributed by atoms with van der Waals surface area (Å²) in [5, 5.41) is 14.6. The van der Waals surface area contributed by atoms with Crippen molar-refractivity contribution in [3.8, 4) is 11.4 Å². The van der Waals surface area contributed by atoms with Gasteiger partial charge in [-0.25, -0.2) is 0 Å². The topological polar surface area (TPSA) is 59.4 Å². The van der Waals surface area contributed by atoms with E-state index in [1.807, 2.05) is 10.8 Å². The van der Waals surface area contributed by atoms with Crippen LogP contribution in [0.25, 0.3) is 11.4 Å². The van der Waals surface area contributed by atoms with Gasteiger partial charge in [-0.1, -0.05) is 13.8 Å². The average molecular weight is 191 g/mol. The minimum Gasteiger partial charge on any atom is -0.313 e. The van der Waals surface area contributed by atoms with Crippen LogP contribution in [0.15, 0.2) is 18.7 Å². The molecule has 0 atom stereocenters. The van der Waals surface area contributed by atoms with E-state index in [0.717, 1.165) is 17.9 Å². The molecule has 0 bridgehead atoms. The van der Waals surface area contributed by atoms with Gasteiger partial charge in [0.15, 0.2) is 5.82 Å². The van der Waals surface area contributed by atoms with Gasteiger partial charge in [-0.2, -0.15) is 5.10 Å². The van der Waals surface area contributed by atoms with Crippen molar-refractivity contribution in [1.82, 2.24) is 25.0 Å². The smallest absolute Gasteiger partial charge is 0.166 e. The van der Waals surface area contributed by atoms with E-state index in [-0.39, 0.29) is 0 Å². The second-order valence-electron chi connectivity index (χ2n) is 3.69. The molecule has 14 heavy (non-hydrogen) atoms. The molecular weight excluding hydrogens is 178 g/mol. The molecule has 5 heteroatoms. The predicted molar refractivity (Wildman–Crippen MR) is 52.4 cm³/mol. The second-order valence-corrected chi connectivity index (χ2v) is 3.69. The van der Waals surface area contributed by atoms with Crippen LogP contribution in [-0.4, -0.2) is 25.0 Å². The monoisotopic (exact) mass is 191 g/mol. The van der Waals surface area contributed by atoms with Gasteiger partial charge in [0.2, 0.25) is 0 Å². The van der Waals surface area contributed by atoms with E-state index in [1.165, 1.54) is 0 Å². The zero-order valence-corrected chi connectivity index (χ0v) is 8.31. The van der Waals surface area contributed by atoms with Gasteiger partial charge in [0.05, 0.1) is 11.8 Å². The van der Waals surface area contributed by atoms with Crippen LogP contribution in [0, 0.1) is 5.92 Å². The fourth-order valence-corrected chi connectivity index (χ4v) is 1.38. The fourth-order valence-electron chi connectivity index (χ4n) is 1.38. The molecule has 0 fully saturated rings. The third kappa shape index (κ3) is 1.66. The number of aromatic amines is 1. The summed E-state index contributed by atoms with van der Waals surface area (Å²) in [7, 11) is 0. The molecule has 0 aliphatic rings. The first kappa shape index (κ1) is 8.93. The van der Waals surface area contributed by atoms with Crippen molar-refractivity contribution in [2.24, 2.45) is 5.92 Å². The van der Waals surface area contributed by atoms with Gasteiger partial charge < -0.3 is 4.57 Å². The van der Waals surface area contributed by atoms with E-state index >= 15 is 0 Å². The van der Waals surface area contributed by atoms with E-state index in [1.54, 1.807) is 12.5 Å². The number of aromatic nitrogens is 5. The fraction of sp³-hybridized carbons (Fsp3) is 0.444. The molecule has 2 aromatic rings. The first-order valence-corrected chi connectivity index (χ1v) is 4.64. The molecule has 0 unspecified atom stereocenters. The van der Waals surface area contributed by atoms with Gasteiger partial charge in [-0.3, -0.25) is 5.10 Å². The van der Waals surface area contributed by atoms with Crippen LogP contribution in [0.1, 0.15) is 13.8 Å². The highest BCUT2D eigenvalue weighted by Crippen LogP contribution is 2.15. The first-order chi connectivity index (χ1) is 6.77. The molecule has 0 aliphatic heterocycles. The van der Waals surface area contributed by atoms with Crippen molar-refractivity contribution >= 4 is 0 Å². The SMILES string of the molecule is CC(C)Cn1cnnc1-c1cn[nH]c1. The molecule has 0 aromatic carbocycles. The molecule has 2 heterocycles. The number of rotatable bonds is 3. The number of nitrogens with zero attached hydrogens (tertiary/aromatic N) is 4. The number of H-pyrrole nitrogens is 1. The lowest BCUT2D eigenvalue weighted by Crippen LogP contribution is -2.04. The third-order valence-corrected chi connectivity index (χ3v) is 1.93. The van der Waals surface area contributed by atoms with Crippen LogP contribution in [0.5, 0.6) is 0 Å². The molecule has 0 amide bonds. The maximum Gasteiger partial charge on any atom is 0.166 e. The van der Waals surface area contributed by atoms with Crippen LogP contribution >= 0.6 is 0 Å². The predicted octanol–water partition coefficient (Wildman–Crippen LogP) is 1.32. The molecule has 0 radical (unpaired) electrons. The summed E-state index contributed by atoms with van der Waals surface area (Å²) in [6.07, 6.45) is 5.32. The highest BCUT2D eigenvalue weighted by Gasteiger charge is 2.08. The van der Waals surface area contributed by atoms with E-state index in [4.69, 9.17) is 0 Å². The van der Waals surface area contributed by atoms with Crippen LogP contribution < -0.4 is 0 Å². The maximum atomic E-state index is 4.06. The summed E-state index contributed by atoms with van der Waals surface area (Å²) in [5.74, 6) is 1.45. The molecule has 2 rings (SSSR count).